The van der Waals surface area contributed by atoms with E-state index < -0.39 is 17.8 Å². The molecule has 0 aliphatic carbocycles. The van der Waals surface area contributed by atoms with E-state index in [1.807, 2.05) is 0 Å². The number of carbonyl (C=O) groups excluding carboxylic acids is 2. The third kappa shape index (κ3) is 9.58. The molecule has 2 heterocycles. The van der Waals surface area contributed by atoms with E-state index in [-0.39, 0.29) is 35.9 Å². The minimum absolute atomic E-state index is 0.0242. The van der Waals surface area contributed by atoms with E-state index in [2.05, 4.69) is 20.6 Å². The zero-order valence-corrected chi connectivity index (χ0v) is 18.0. The summed E-state index contributed by atoms with van der Waals surface area (Å²) in [6.07, 6.45) is -0.206. The molecule has 1 fully saturated rings. The Hall–Kier alpha value is -2.99. The molecule has 2 aromatic rings. The van der Waals surface area contributed by atoms with Crippen LogP contribution in [0, 0.1) is 5.82 Å². The Morgan fingerprint density at radius 2 is 2.03 bits per heavy atom. The van der Waals surface area contributed by atoms with E-state index in [1.165, 1.54) is 12.1 Å². The first-order valence-corrected chi connectivity index (χ1v) is 10.1. The molecule has 1 aromatic heterocycles. The molecule has 1 atom stereocenters. The molecular weight excluding hydrogens is 472 g/mol. The summed E-state index contributed by atoms with van der Waals surface area (Å²) in [4.78, 5) is 27.7. The van der Waals surface area contributed by atoms with Crippen LogP contribution in [-0.2, 0) is 27.0 Å². The number of hydrogen-bond donors (Lipinski definition) is 2. The highest BCUT2D eigenvalue weighted by Crippen LogP contribution is 2.25. The highest BCUT2D eigenvalue weighted by molar-refractivity contribution is 6.30. The molecule has 2 amide bonds. The minimum Gasteiger partial charge on any atom is -0.484 e. The second kappa shape index (κ2) is 12.9. The van der Waals surface area contributed by atoms with Gasteiger partial charge >= 0.3 is 6.18 Å². The number of ether oxygens (including phenoxy) is 2. The number of nitrogens with one attached hydrogen (secondary N) is 2. The Morgan fingerprint density at radius 1 is 1.30 bits per heavy atom. The summed E-state index contributed by atoms with van der Waals surface area (Å²) >= 11 is 5.55. The number of rotatable bonds is 7. The monoisotopic (exact) mass is 492 g/mol. The number of halogens is 5. The lowest BCUT2D eigenvalue weighted by Gasteiger charge is -2.23. The van der Waals surface area contributed by atoms with Crippen LogP contribution in [0.5, 0.6) is 5.75 Å². The van der Waals surface area contributed by atoms with Gasteiger partial charge in [-0.05, 0) is 25.0 Å². The molecule has 1 aliphatic rings. The highest BCUT2D eigenvalue weighted by atomic mass is 35.5. The number of hydrogen-bond acceptors (Lipinski definition) is 6. The van der Waals surface area contributed by atoms with E-state index in [9.17, 15) is 27.2 Å². The molecule has 3 rings (SSSR count). The van der Waals surface area contributed by atoms with Gasteiger partial charge in [-0.25, -0.2) is 14.4 Å². The molecule has 1 aromatic carbocycles. The summed E-state index contributed by atoms with van der Waals surface area (Å²) in [5.41, 5.74) is 0.408. The Bertz CT molecular complexity index is 910. The van der Waals surface area contributed by atoms with Crippen LogP contribution in [0.1, 0.15) is 24.2 Å². The topological polar surface area (TPSA) is 102 Å². The zero-order chi connectivity index (χ0) is 24.3. The standard InChI is InChI=1S/C13H15ClFNO3.C7H6F3N3O/c14-11-4-3-10(6-12(11)15)19-8-13(17)16-9-2-1-5-18-7-9;8-7(9,10)6-12-2-5(3-13-6)1-11-4-14/h3-4,6,9H,1-2,5,7-8H2,(H,16,17);2-4H,1H2,(H,11,14). The largest absolute Gasteiger partial charge is 0.484 e. The van der Waals surface area contributed by atoms with Crippen LogP contribution in [0.25, 0.3) is 0 Å². The van der Waals surface area contributed by atoms with Crippen LogP contribution in [0.3, 0.4) is 0 Å². The molecule has 1 saturated heterocycles. The first kappa shape index (κ1) is 26.3. The summed E-state index contributed by atoms with van der Waals surface area (Å²) in [5.74, 6) is -1.73. The maximum atomic E-state index is 13.1. The van der Waals surface area contributed by atoms with E-state index in [0.717, 1.165) is 37.9 Å². The Balaban J connectivity index is 0.000000245. The summed E-state index contributed by atoms with van der Waals surface area (Å²) in [6.45, 7) is 1.23. The van der Waals surface area contributed by atoms with Crippen LogP contribution in [0.15, 0.2) is 30.6 Å². The summed E-state index contributed by atoms with van der Waals surface area (Å²) in [5, 5.41) is 5.11. The van der Waals surface area contributed by atoms with Gasteiger partial charge in [-0.3, -0.25) is 9.59 Å². The molecule has 180 valence electrons. The first-order valence-electron chi connectivity index (χ1n) is 9.69. The van der Waals surface area contributed by atoms with Gasteiger partial charge in [0.1, 0.15) is 11.6 Å². The van der Waals surface area contributed by atoms with Gasteiger partial charge in [0.2, 0.25) is 12.2 Å². The van der Waals surface area contributed by atoms with Gasteiger partial charge in [-0.15, -0.1) is 0 Å². The van der Waals surface area contributed by atoms with Crippen LogP contribution in [-0.4, -0.2) is 48.1 Å². The van der Waals surface area contributed by atoms with E-state index in [0.29, 0.717) is 18.6 Å². The molecule has 2 N–H and O–H groups in total. The lowest BCUT2D eigenvalue weighted by Crippen LogP contribution is -2.42. The van der Waals surface area contributed by atoms with Gasteiger partial charge in [0.15, 0.2) is 6.61 Å². The third-order valence-electron chi connectivity index (χ3n) is 4.13. The fourth-order valence-electron chi connectivity index (χ4n) is 2.59. The Labute approximate surface area is 191 Å². The van der Waals surface area contributed by atoms with Gasteiger partial charge < -0.3 is 20.1 Å². The Morgan fingerprint density at radius 3 is 2.61 bits per heavy atom. The van der Waals surface area contributed by atoms with Crippen molar-refractivity contribution in [3.63, 3.8) is 0 Å². The summed E-state index contributed by atoms with van der Waals surface area (Å²) < 4.78 is 59.5. The van der Waals surface area contributed by atoms with Gasteiger partial charge in [-0.1, -0.05) is 11.6 Å². The van der Waals surface area contributed by atoms with Crippen molar-refractivity contribution in [3.05, 3.63) is 52.8 Å². The maximum Gasteiger partial charge on any atom is 0.451 e. The lowest BCUT2D eigenvalue weighted by molar-refractivity contribution is -0.145. The van der Waals surface area contributed by atoms with Crippen LogP contribution in [0.2, 0.25) is 5.02 Å². The molecule has 0 saturated carbocycles. The van der Waals surface area contributed by atoms with Crippen molar-refractivity contribution in [2.24, 2.45) is 0 Å². The number of benzene rings is 1. The fraction of sp³-hybridized carbons (Fsp3) is 0.400. The van der Waals surface area contributed by atoms with E-state index in [4.69, 9.17) is 21.1 Å². The Kier molecular flexibility index (Phi) is 10.3. The molecule has 1 aliphatic heterocycles. The predicted molar refractivity (Wildman–Crippen MR) is 109 cm³/mol. The number of amides is 2. The van der Waals surface area contributed by atoms with Crippen molar-refractivity contribution in [2.45, 2.75) is 31.6 Å². The van der Waals surface area contributed by atoms with Crippen molar-refractivity contribution in [1.29, 1.82) is 0 Å². The van der Waals surface area contributed by atoms with Gasteiger partial charge in [0, 0.05) is 37.2 Å². The van der Waals surface area contributed by atoms with Crippen LogP contribution in [0.4, 0.5) is 17.6 Å². The summed E-state index contributed by atoms with van der Waals surface area (Å²) in [6, 6.07) is 4.09. The first-order chi connectivity index (χ1) is 15.7. The molecular formula is C20H21ClF4N4O4. The smallest absolute Gasteiger partial charge is 0.451 e. The van der Waals surface area contributed by atoms with Crippen molar-refractivity contribution in [2.75, 3.05) is 19.8 Å². The normalized spacial score (nSPS) is 15.6. The second-order valence-corrected chi connectivity index (χ2v) is 7.16. The van der Waals surface area contributed by atoms with Crippen molar-refractivity contribution in [1.82, 2.24) is 20.6 Å². The van der Waals surface area contributed by atoms with E-state index in [1.54, 1.807) is 0 Å². The summed E-state index contributed by atoms with van der Waals surface area (Å²) in [7, 11) is 0. The molecule has 0 spiro atoms. The lowest BCUT2D eigenvalue weighted by atomic mass is 10.1. The predicted octanol–water partition coefficient (Wildman–Crippen LogP) is 2.89. The van der Waals surface area contributed by atoms with Crippen LogP contribution >= 0.6 is 11.6 Å². The average Bonchev–Trinajstić information content (AvgIpc) is 2.79. The highest BCUT2D eigenvalue weighted by Gasteiger charge is 2.34. The van der Waals surface area contributed by atoms with Gasteiger partial charge in [0.25, 0.3) is 5.91 Å². The third-order valence-corrected chi connectivity index (χ3v) is 4.44. The molecule has 13 heteroatoms. The number of aromatic nitrogens is 2. The number of alkyl halides is 3. The fourth-order valence-corrected chi connectivity index (χ4v) is 2.71. The number of carbonyl (C=O) groups is 2. The number of nitrogens with zero attached hydrogens (tertiary/aromatic N) is 2. The molecule has 0 radical (unpaired) electrons. The molecule has 8 nitrogen and oxygen atoms in total. The average molecular weight is 493 g/mol. The zero-order valence-electron chi connectivity index (χ0n) is 17.2. The molecule has 1 unspecified atom stereocenters. The van der Waals surface area contributed by atoms with E-state index >= 15 is 0 Å². The van der Waals surface area contributed by atoms with Crippen molar-refractivity contribution < 1.29 is 36.6 Å². The van der Waals surface area contributed by atoms with Crippen LogP contribution < -0.4 is 15.4 Å². The minimum atomic E-state index is -4.53. The van der Waals surface area contributed by atoms with Crippen molar-refractivity contribution >= 4 is 23.9 Å². The SMILES string of the molecule is O=C(COc1ccc(Cl)c(F)c1)NC1CCCOC1.O=CNCc1cnc(C(F)(F)F)nc1. The van der Waals surface area contributed by atoms with Gasteiger partial charge in [-0.2, -0.15) is 13.2 Å². The second-order valence-electron chi connectivity index (χ2n) is 6.76. The quantitative estimate of drug-likeness (QED) is 0.455. The molecule has 33 heavy (non-hydrogen) atoms. The maximum absolute atomic E-state index is 13.1. The molecule has 0 bridgehead atoms. The van der Waals surface area contributed by atoms with Gasteiger partial charge in [0.05, 0.1) is 17.7 Å². The van der Waals surface area contributed by atoms with Crippen molar-refractivity contribution in [3.8, 4) is 5.75 Å².